The van der Waals surface area contributed by atoms with Gasteiger partial charge in [0.15, 0.2) is 0 Å². The van der Waals surface area contributed by atoms with Crippen LogP contribution in [0.4, 0.5) is 4.79 Å². The van der Waals surface area contributed by atoms with Gasteiger partial charge in [0.25, 0.3) is 0 Å². The highest BCUT2D eigenvalue weighted by Crippen LogP contribution is 2.22. The van der Waals surface area contributed by atoms with E-state index < -0.39 is 6.09 Å². The average Bonchev–Trinajstić information content (AvgIpc) is 2.58. The Morgan fingerprint density at radius 3 is 2.33 bits per heavy atom. The van der Waals surface area contributed by atoms with Crippen LogP contribution in [0, 0.1) is 0 Å². The monoisotopic (exact) mass is 327 g/mol. The highest BCUT2D eigenvalue weighted by atomic mass is 16.5. The summed E-state index contributed by atoms with van der Waals surface area (Å²) in [5.41, 5.74) is 3.25. The number of para-hydroxylation sites is 1. The summed E-state index contributed by atoms with van der Waals surface area (Å²) in [6, 6.07) is 15.7. The molecule has 4 heteroatoms. The fourth-order valence-corrected chi connectivity index (χ4v) is 2.32. The molecule has 0 aromatic heterocycles. The van der Waals surface area contributed by atoms with E-state index in [2.05, 4.69) is 38.2 Å². The topological polar surface area (TPSA) is 47.6 Å². The van der Waals surface area contributed by atoms with Crippen molar-refractivity contribution in [3.63, 3.8) is 0 Å². The molecule has 0 heterocycles. The molecule has 0 radical (unpaired) electrons. The molecular weight excluding hydrogens is 302 g/mol. The van der Waals surface area contributed by atoms with Gasteiger partial charge in [-0.05, 0) is 22.6 Å². The lowest BCUT2D eigenvalue weighted by Crippen LogP contribution is -2.23. The minimum atomic E-state index is -0.444. The van der Waals surface area contributed by atoms with Crippen LogP contribution in [0.3, 0.4) is 0 Å². The molecular formula is C20H25NO3. The van der Waals surface area contributed by atoms with E-state index in [1.807, 2.05) is 36.4 Å². The van der Waals surface area contributed by atoms with E-state index in [0.29, 0.717) is 6.54 Å². The van der Waals surface area contributed by atoms with E-state index in [1.54, 1.807) is 7.11 Å². The van der Waals surface area contributed by atoms with Crippen molar-refractivity contribution in [2.45, 2.75) is 39.3 Å². The normalized spacial score (nSPS) is 11.0. The third-order valence-corrected chi connectivity index (χ3v) is 3.81. The van der Waals surface area contributed by atoms with Crippen LogP contribution in [-0.2, 0) is 23.3 Å². The van der Waals surface area contributed by atoms with Gasteiger partial charge >= 0.3 is 6.09 Å². The number of methoxy groups -OCH3 is 1. The Morgan fingerprint density at radius 1 is 1.04 bits per heavy atom. The fraction of sp³-hybridized carbons (Fsp3) is 0.350. The number of hydrogen-bond donors (Lipinski definition) is 1. The first-order chi connectivity index (χ1) is 11.4. The summed E-state index contributed by atoms with van der Waals surface area (Å²) in [7, 11) is 1.61. The number of ether oxygens (including phenoxy) is 2. The smallest absolute Gasteiger partial charge is 0.407 e. The molecule has 4 nitrogen and oxygen atoms in total. The van der Waals surface area contributed by atoms with Crippen LogP contribution in [0.15, 0.2) is 48.5 Å². The van der Waals surface area contributed by atoms with Crippen molar-refractivity contribution in [1.82, 2.24) is 5.32 Å². The van der Waals surface area contributed by atoms with Crippen molar-refractivity contribution in [1.29, 1.82) is 0 Å². The Labute approximate surface area is 143 Å². The SMILES string of the molecule is COc1ccccc1CNC(=O)OCc1ccc(C(C)(C)C)cc1. The first kappa shape index (κ1) is 17.9. The van der Waals surface area contributed by atoms with Gasteiger partial charge in [0.05, 0.1) is 7.11 Å². The van der Waals surface area contributed by atoms with Gasteiger partial charge in [-0.15, -0.1) is 0 Å². The van der Waals surface area contributed by atoms with Gasteiger partial charge in [0.1, 0.15) is 12.4 Å². The third kappa shape index (κ3) is 5.01. The molecule has 2 rings (SSSR count). The highest BCUT2D eigenvalue weighted by Gasteiger charge is 2.13. The maximum atomic E-state index is 11.8. The molecule has 1 N–H and O–H groups in total. The Balaban J connectivity index is 1.83. The zero-order valence-corrected chi connectivity index (χ0v) is 14.8. The molecule has 2 aromatic rings. The van der Waals surface area contributed by atoms with Gasteiger partial charge in [-0.25, -0.2) is 4.79 Å². The van der Waals surface area contributed by atoms with Gasteiger partial charge in [-0.2, -0.15) is 0 Å². The summed E-state index contributed by atoms with van der Waals surface area (Å²) in [6.45, 7) is 7.13. The van der Waals surface area contributed by atoms with E-state index in [-0.39, 0.29) is 12.0 Å². The zero-order chi connectivity index (χ0) is 17.6. The average molecular weight is 327 g/mol. The number of carbonyl (C=O) groups is 1. The molecule has 128 valence electrons. The van der Waals surface area contributed by atoms with Crippen LogP contribution < -0.4 is 10.1 Å². The summed E-state index contributed by atoms with van der Waals surface area (Å²) in [4.78, 5) is 11.8. The van der Waals surface area contributed by atoms with E-state index in [1.165, 1.54) is 5.56 Å². The van der Waals surface area contributed by atoms with Crippen molar-refractivity contribution in [2.24, 2.45) is 0 Å². The molecule has 0 bridgehead atoms. The van der Waals surface area contributed by atoms with E-state index in [4.69, 9.17) is 9.47 Å². The zero-order valence-electron chi connectivity index (χ0n) is 14.8. The van der Waals surface area contributed by atoms with Crippen LogP contribution in [0.1, 0.15) is 37.5 Å². The minimum Gasteiger partial charge on any atom is -0.496 e. The van der Waals surface area contributed by atoms with Crippen molar-refractivity contribution in [3.8, 4) is 5.75 Å². The second kappa shape index (κ2) is 7.86. The van der Waals surface area contributed by atoms with Gasteiger partial charge in [-0.3, -0.25) is 0 Å². The van der Waals surface area contributed by atoms with Crippen molar-refractivity contribution >= 4 is 6.09 Å². The van der Waals surface area contributed by atoms with Crippen molar-refractivity contribution < 1.29 is 14.3 Å². The summed E-state index contributed by atoms with van der Waals surface area (Å²) < 4.78 is 10.5. The van der Waals surface area contributed by atoms with Crippen LogP contribution in [0.2, 0.25) is 0 Å². The van der Waals surface area contributed by atoms with Gasteiger partial charge in [0.2, 0.25) is 0 Å². The van der Waals surface area contributed by atoms with Crippen LogP contribution >= 0.6 is 0 Å². The van der Waals surface area contributed by atoms with Crippen LogP contribution in [0.5, 0.6) is 5.75 Å². The Kier molecular flexibility index (Phi) is 5.85. The standard InChI is InChI=1S/C20H25NO3/c1-20(2,3)17-11-9-15(10-12-17)14-24-19(22)21-13-16-7-5-6-8-18(16)23-4/h5-12H,13-14H2,1-4H3,(H,21,22). The molecule has 1 amide bonds. The molecule has 0 fully saturated rings. The predicted molar refractivity (Wildman–Crippen MR) is 95.2 cm³/mol. The van der Waals surface area contributed by atoms with Crippen LogP contribution in [0.25, 0.3) is 0 Å². The molecule has 0 unspecified atom stereocenters. The first-order valence-corrected chi connectivity index (χ1v) is 8.02. The molecule has 2 aromatic carbocycles. The number of alkyl carbamates (subject to hydrolysis) is 1. The maximum absolute atomic E-state index is 11.8. The number of carbonyl (C=O) groups excluding carboxylic acids is 1. The second-order valence-corrected chi connectivity index (χ2v) is 6.69. The lowest BCUT2D eigenvalue weighted by atomic mass is 9.87. The summed E-state index contributed by atoms with van der Waals surface area (Å²) in [6.07, 6.45) is -0.444. The Bertz CT molecular complexity index is 672. The third-order valence-electron chi connectivity index (χ3n) is 3.81. The number of rotatable bonds is 5. The summed E-state index contributed by atoms with van der Waals surface area (Å²) in [5, 5.41) is 2.74. The number of amides is 1. The largest absolute Gasteiger partial charge is 0.496 e. The van der Waals surface area contributed by atoms with E-state index in [0.717, 1.165) is 16.9 Å². The van der Waals surface area contributed by atoms with Crippen LogP contribution in [-0.4, -0.2) is 13.2 Å². The predicted octanol–water partition coefficient (Wildman–Crippen LogP) is 4.42. The maximum Gasteiger partial charge on any atom is 0.407 e. The lowest BCUT2D eigenvalue weighted by Gasteiger charge is -2.19. The molecule has 0 atom stereocenters. The Morgan fingerprint density at radius 2 is 1.71 bits per heavy atom. The molecule has 0 aliphatic carbocycles. The Hall–Kier alpha value is -2.49. The lowest BCUT2D eigenvalue weighted by molar-refractivity contribution is 0.139. The second-order valence-electron chi connectivity index (χ2n) is 6.69. The number of benzene rings is 2. The molecule has 24 heavy (non-hydrogen) atoms. The molecule has 0 aliphatic heterocycles. The highest BCUT2D eigenvalue weighted by molar-refractivity contribution is 5.67. The quantitative estimate of drug-likeness (QED) is 0.884. The fourth-order valence-electron chi connectivity index (χ4n) is 2.32. The summed E-state index contributed by atoms with van der Waals surface area (Å²) >= 11 is 0. The van der Waals surface area contributed by atoms with E-state index >= 15 is 0 Å². The van der Waals surface area contributed by atoms with Crippen molar-refractivity contribution in [3.05, 3.63) is 65.2 Å². The summed E-state index contributed by atoms with van der Waals surface area (Å²) in [5.74, 6) is 0.746. The van der Waals surface area contributed by atoms with Gasteiger partial charge in [-0.1, -0.05) is 63.2 Å². The minimum absolute atomic E-state index is 0.117. The molecule has 0 aliphatic rings. The van der Waals surface area contributed by atoms with Crippen molar-refractivity contribution in [2.75, 3.05) is 7.11 Å². The number of hydrogen-bond acceptors (Lipinski definition) is 3. The molecule has 0 spiro atoms. The van der Waals surface area contributed by atoms with Gasteiger partial charge < -0.3 is 14.8 Å². The number of nitrogens with one attached hydrogen (secondary N) is 1. The van der Waals surface area contributed by atoms with Gasteiger partial charge in [0, 0.05) is 12.1 Å². The molecule has 0 saturated heterocycles. The molecule has 0 saturated carbocycles. The van der Waals surface area contributed by atoms with E-state index in [9.17, 15) is 4.79 Å². The first-order valence-electron chi connectivity index (χ1n) is 8.02.